The van der Waals surface area contributed by atoms with E-state index in [1.807, 2.05) is 24.3 Å². The van der Waals surface area contributed by atoms with Gasteiger partial charge in [0.2, 0.25) is 0 Å². The maximum absolute atomic E-state index is 12.3. The van der Waals surface area contributed by atoms with Crippen LogP contribution in [0.3, 0.4) is 0 Å². The quantitative estimate of drug-likeness (QED) is 0.751. The van der Waals surface area contributed by atoms with Crippen molar-refractivity contribution in [2.75, 3.05) is 26.7 Å². The molecular formula is C22H29N3O2. The van der Waals surface area contributed by atoms with Crippen LogP contribution in [0, 0.1) is 0 Å². The molecule has 2 aromatic rings. The third-order valence-electron chi connectivity index (χ3n) is 4.98. The van der Waals surface area contributed by atoms with E-state index in [9.17, 15) is 4.79 Å². The zero-order valence-electron chi connectivity index (χ0n) is 16.0. The van der Waals surface area contributed by atoms with E-state index < -0.39 is 0 Å². The van der Waals surface area contributed by atoms with Crippen molar-refractivity contribution >= 4 is 6.03 Å². The van der Waals surface area contributed by atoms with E-state index >= 15 is 0 Å². The second-order valence-corrected chi connectivity index (χ2v) is 6.99. The van der Waals surface area contributed by atoms with Gasteiger partial charge in [0.05, 0.1) is 12.6 Å². The molecule has 0 saturated carbocycles. The Hall–Kier alpha value is -2.37. The Kier molecular flexibility index (Phi) is 7.25. The van der Waals surface area contributed by atoms with Crippen molar-refractivity contribution in [2.24, 2.45) is 0 Å². The van der Waals surface area contributed by atoms with Gasteiger partial charge in [0, 0.05) is 20.2 Å². The number of hydrogen-bond acceptors (Lipinski definition) is 3. The lowest BCUT2D eigenvalue weighted by Gasteiger charge is -2.28. The lowest BCUT2D eigenvalue weighted by molar-refractivity contribution is 0.185. The van der Waals surface area contributed by atoms with Crippen molar-refractivity contribution in [3.05, 3.63) is 71.3 Å². The molecule has 1 saturated heterocycles. The van der Waals surface area contributed by atoms with E-state index in [4.69, 9.17) is 4.74 Å². The SMILES string of the molecule is COCc1cccc(CNC(=O)NCC(c2ccccc2)N2CCCC2)c1. The molecule has 0 radical (unpaired) electrons. The molecule has 3 rings (SSSR count). The van der Waals surface area contributed by atoms with Crippen molar-refractivity contribution in [1.82, 2.24) is 15.5 Å². The van der Waals surface area contributed by atoms with Gasteiger partial charge in [0.15, 0.2) is 0 Å². The van der Waals surface area contributed by atoms with Gasteiger partial charge in [-0.05, 0) is 42.6 Å². The Morgan fingerprint density at radius 1 is 1.04 bits per heavy atom. The smallest absolute Gasteiger partial charge is 0.315 e. The Morgan fingerprint density at radius 2 is 1.78 bits per heavy atom. The van der Waals surface area contributed by atoms with Crippen LogP contribution in [0.15, 0.2) is 54.6 Å². The van der Waals surface area contributed by atoms with E-state index in [1.54, 1.807) is 7.11 Å². The summed E-state index contributed by atoms with van der Waals surface area (Å²) in [5.74, 6) is 0. The number of carbonyl (C=O) groups is 1. The first-order valence-electron chi connectivity index (χ1n) is 9.63. The number of nitrogens with one attached hydrogen (secondary N) is 2. The zero-order valence-corrected chi connectivity index (χ0v) is 16.0. The van der Waals surface area contributed by atoms with Crippen LogP contribution < -0.4 is 10.6 Å². The zero-order chi connectivity index (χ0) is 18.9. The predicted molar refractivity (Wildman–Crippen MR) is 107 cm³/mol. The Labute approximate surface area is 161 Å². The molecule has 27 heavy (non-hydrogen) atoms. The molecule has 5 nitrogen and oxygen atoms in total. The van der Waals surface area contributed by atoms with Crippen LogP contribution >= 0.6 is 0 Å². The number of amides is 2. The number of methoxy groups -OCH3 is 1. The molecule has 1 unspecified atom stereocenters. The van der Waals surface area contributed by atoms with Gasteiger partial charge in [-0.2, -0.15) is 0 Å². The molecule has 1 aliphatic rings. The minimum absolute atomic E-state index is 0.132. The molecule has 2 N–H and O–H groups in total. The summed E-state index contributed by atoms with van der Waals surface area (Å²) < 4.78 is 5.16. The van der Waals surface area contributed by atoms with Crippen molar-refractivity contribution in [3.63, 3.8) is 0 Å². The number of likely N-dealkylation sites (tertiary alicyclic amines) is 1. The number of hydrogen-bond donors (Lipinski definition) is 2. The largest absolute Gasteiger partial charge is 0.380 e. The summed E-state index contributed by atoms with van der Waals surface area (Å²) in [5.41, 5.74) is 3.43. The highest BCUT2D eigenvalue weighted by Crippen LogP contribution is 2.24. The number of ether oxygens (including phenoxy) is 1. The molecule has 5 heteroatoms. The molecule has 1 aliphatic heterocycles. The van der Waals surface area contributed by atoms with E-state index in [2.05, 4.69) is 45.9 Å². The monoisotopic (exact) mass is 367 g/mol. The molecule has 0 spiro atoms. The average molecular weight is 367 g/mol. The van der Waals surface area contributed by atoms with Gasteiger partial charge in [0.1, 0.15) is 0 Å². The topological polar surface area (TPSA) is 53.6 Å². The van der Waals surface area contributed by atoms with Gasteiger partial charge in [-0.3, -0.25) is 4.90 Å². The van der Waals surface area contributed by atoms with Crippen LogP contribution in [0.5, 0.6) is 0 Å². The molecule has 1 fully saturated rings. The van der Waals surface area contributed by atoms with Crippen LogP contribution in [0.4, 0.5) is 4.79 Å². The number of rotatable bonds is 8. The highest BCUT2D eigenvalue weighted by atomic mass is 16.5. The molecule has 144 valence electrons. The molecule has 2 aromatic carbocycles. The molecular weight excluding hydrogens is 338 g/mol. The fraction of sp³-hybridized carbons (Fsp3) is 0.409. The van der Waals surface area contributed by atoms with Crippen LogP contribution in [0.2, 0.25) is 0 Å². The molecule has 1 atom stereocenters. The number of carbonyl (C=O) groups excluding carboxylic acids is 1. The lowest BCUT2D eigenvalue weighted by atomic mass is 10.1. The van der Waals surface area contributed by atoms with Gasteiger partial charge in [-0.15, -0.1) is 0 Å². The third kappa shape index (κ3) is 5.81. The highest BCUT2D eigenvalue weighted by Gasteiger charge is 2.23. The molecule has 1 heterocycles. The molecule has 0 aromatic heterocycles. The number of urea groups is 1. The van der Waals surface area contributed by atoms with Crippen LogP contribution in [-0.4, -0.2) is 37.7 Å². The van der Waals surface area contributed by atoms with E-state index in [0.29, 0.717) is 19.7 Å². The van der Waals surface area contributed by atoms with Gasteiger partial charge in [-0.1, -0.05) is 54.6 Å². The van der Waals surface area contributed by atoms with E-state index in [0.717, 1.165) is 24.2 Å². The Morgan fingerprint density at radius 3 is 2.52 bits per heavy atom. The fourth-order valence-corrected chi connectivity index (χ4v) is 3.62. The first-order chi connectivity index (χ1) is 13.3. The minimum atomic E-state index is -0.132. The van der Waals surface area contributed by atoms with Crippen LogP contribution in [0.1, 0.15) is 35.6 Å². The van der Waals surface area contributed by atoms with Gasteiger partial charge in [0.25, 0.3) is 0 Å². The lowest BCUT2D eigenvalue weighted by Crippen LogP contribution is -2.41. The van der Waals surface area contributed by atoms with Gasteiger partial charge in [-0.25, -0.2) is 4.79 Å². The fourth-order valence-electron chi connectivity index (χ4n) is 3.62. The summed E-state index contributed by atoms with van der Waals surface area (Å²) in [5, 5.41) is 6.01. The van der Waals surface area contributed by atoms with Crippen molar-refractivity contribution in [3.8, 4) is 0 Å². The third-order valence-corrected chi connectivity index (χ3v) is 4.98. The number of nitrogens with zero attached hydrogens (tertiary/aromatic N) is 1. The maximum Gasteiger partial charge on any atom is 0.315 e. The molecule has 0 aliphatic carbocycles. The predicted octanol–water partition coefficient (Wildman–Crippen LogP) is 3.47. The Balaban J connectivity index is 1.52. The van der Waals surface area contributed by atoms with Crippen LogP contribution in [-0.2, 0) is 17.9 Å². The molecule has 0 bridgehead atoms. The summed E-state index contributed by atoms with van der Waals surface area (Å²) in [6.45, 7) is 3.88. The normalized spacial score (nSPS) is 15.4. The van der Waals surface area contributed by atoms with Crippen molar-refractivity contribution in [1.29, 1.82) is 0 Å². The standard InChI is InChI=1S/C22H29N3O2/c1-27-17-19-9-7-8-18(14-19)15-23-22(26)24-16-21(25-12-5-6-13-25)20-10-3-2-4-11-20/h2-4,7-11,14,21H,5-6,12-13,15-17H2,1H3,(H2,23,24,26). The Bertz CT molecular complexity index is 715. The first kappa shape index (κ1) is 19.4. The van der Waals surface area contributed by atoms with Gasteiger partial charge >= 0.3 is 6.03 Å². The summed E-state index contributed by atoms with van der Waals surface area (Å²) in [4.78, 5) is 14.8. The maximum atomic E-state index is 12.3. The average Bonchev–Trinajstić information content (AvgIpc) is 3.22. The number of benzene rings is 2. The highest BCUT2D eigenvalue weighted by molar-refractivity contribution is 5.73. The summed E-state index contributed by atoms with van der Waals surface area (Å²) >= 11 is 0. The van der Waals surface area contributed by atoms with Crippen molar-refractivity contribution in [2.45, 2.75) is 32.0 Å². The second-order valence-electron chi connectivity index (χ2n) is 6.99. The summed E-state index contributed by atoms with van der Waals surface area (Å²) in [7, 11) is 1.68. The van der Waals surface area contributed by atoms with E-state index in [1.165, 1.54) is 18.4 Å². The summed E-state index contributed by atoms with van der Waals surface area (Å²) in [6, 6.07) is 18.6. The summed E-state index contributed by atoms with van der Waals surface area (Å²) in [6.07, 6.45) is 2.46. The second kappa shape index (κ2) is 10.1. The van der Waals surface area contributed by atoms with Crippen LogP contribution in [0.25, 0.3) is 0 Å². The van der Waals surface area contributed by atoms with Gasteiger partial charge < -0.3 is 15.4 Å². The first-order valence-corrected chi connectivity index (χ1v) is 9.63. The minimum Gasteiger partial charge on any atom is -0.380 e. The molecule has 2 amide bonds. The van der Waals surface area contributed by atoms with E-state index in [-0.39, 0.29) is 12.1 Å². The van der Waals surface area contributed by atoms with Crippen molar-refractivity contribution < 1.29 is 9.53 Å².